The molecule has 0 unspecified atom stereocenters. The van der Waals surface area contributed by atoms with Crippen LogP contribution in [0.1, 0.15) is 29.8 Å². The summed E-state index contributed by atoms with van der Waals surface area (Å²) in [4.78, 5) is 17.1. The summed E-state index contributed by atoms with van der Waals surface area (Å²) in [7, 11) is 3.04. The molecule has 3 atom stereocenters. The molecule has 0 N–H and O–H groups in total. The standard InChI is InChI=1S/C18H23NO5/c1-18(2)23-15-11-22-14(16(15)24-18)9-8-12-6-5-7-13(10-12)17(20)19(3)21-4/h5-10,14-16H,11H2,1-4H3/b9-8+/t14-,15-,16+/m1/s1. The Morgan fingerprint density at radius 2 is 2.17 bits per heavy atom. The molecule has 2 fully saturated rings. The first kappa shape index (κ1) is 17.1. The van der Waals surface area contributed by atoms with E-state index in [1.807, 2.05) is 44.2 Å². The van der Waals surface area contributed by atoms with E-state index in [1.165, 1.54) is 12.2 Å². The number of amides is 1. The Bertz CT molecular complexity index is 642. The van der Waals surface area contributed by atoms with E-state index in [2.05, 4.69) is 0 Å². The van der Waals surface area contributed by atoms with Gasteiger partial charge < -0.3 is 14.2 Å². The normalized spacial score (nSPS) is 28.2. The van der Waals surface area contributed by atoms with Crippen LogP contribution in [0, 0.1) is 0 Å². The number of hydroxylamine groups is 2. The van der Waals surface area contributed by atoms with Gasteiger partial charge in [-0.2, -0.15) is 0 Å². The Balaban J connectivity index is 1.70. The number of hydrogen-bond donors (Lipinski definition) is 0. The first-order chi connectivity index (χ1) is 11.4. The topological polar surface area (TPSA) is 57.2 Å². The van der Waals surface area contributed by atoms with E-state index in [1.54, 1.807) is 13.1 Å². The van der Waals surface area contributed by atoms with Crippen molar-refractivity contribution in [1.29, 1.82) is 0 Å². The van der Waals surface area contributed by atoms with Gasteiger partial charge in [0.1, 0.15) is 18.3 Å². The smallest absolute Gasteiger partial charge is 0.277 e. The molecule has 6 heteroatoms. The van der Waals surface area contributed by atoms with Gasteiger partial charge in [-0.25, -0.2) is 5.06 Å². The highest BCUT2D eigenvalue weighted by Crippen LogP contribution is 2.35. The zero-order chi connectivity index (χ0) is 17.3. The second-order valence-corrected chi connectivity index (χ2v) is 6.41. The van der Waals surface area contributed by atoms with Crippen LogP contribution in [-0.2, 0) is 19.0 Å². The second-order valence-electron chi connectivity index (χ2n) is 6.41. The van der Waals surface area contributed by atoms with Crippen molar-refractivity contribution in [3.05, 3.63) is 41.5 Å². The fourth-order valence-electron chi connectivity index (χ4n) is 2.98. The Labute approximate surface area is 141 Å². The van der Waals surface area contributed by atoms with Crippen LogP contribution in [0.3, 0.4) is 0 Å². The third-order valence-electron chi connectivity index (χ3n) is 4.17. The predicted octanol–water partition coefficient (Wildman–Crippen LogP) is 2.25. The van der Waals surface area contributed by atoms with E-state index >= 15 is 0 Å². The van der Waals surface area contributed by atoms with E-state index in [-0.39, 0.29) is 24.2 Å². The summed E-state index contributed by atoms with van der Waals surface area (Å²) in [5.74, 6) is -0.762. The van der Waals surface area contributed by atoms with Crippen molar-refractivity contribution in [2.75, 3.05) is 20.8 Å². The number of carbonyl (C=O) groups excluding carboxylic acids is 1. The first-order valence-corrected chi connectivity index (χ1v) is 7.97. The molecule has 2 aliphatic heterocycles. The molecule has 1 aromatic carbocycles. The van der Waals surface area contributed by atoms with Gasteiger partial charge in [-0.1, -0.05) is 24.3 Å². The van der Waals surface area contributed by atoms with Crippen molar-refractivity contribution in [2.45, 2.75) is 37.9 Å². The van der Waals surface area contributed by atoms with Gasteiger partial charge in [0, 0.05) is 12.6 Å². The Morgan fingerprint density at radius 3 is 2.92 bits per heavy atom. The van der Waals surface area contributed by atoms with E-state index in [0.717, 1.165) is 5.56 Å². The average Bonchev–Trinajstić information content (AvgIpc) is 3.06. The lowest BCUT2D eigenvalue weighted by Gasteiger charge is -2.20. The lowest BCUT2D eigenvalue weighted by Crippen LogP contribution is -2.28. The van der Waals surface area contributed by atoms with Crippen molar-refractivity contribution in [2.24, 2.45) is 0 Å². The molecular formula is C18H23NO5. The molecule has 3 rings (SSSR count). The summed E-state index contributed by atoms with van der Waals surface area (Å²) >= 11 is 0. The number of nitrogens with zero attached hydrogens (tertiary/aromatic N) is 1. The van der Waals surface area contributed by atoms with Gasteiger partial charge in [-0.05, 0) is 31.5 Å². The van der Waals surface area contributed by atoms with Crippen LogP contribution >= 0.6 is 0 Å². The van der Waals surface area contributed by atoms with Crippen LogP contribution in [0.5, 0.6) is 0 Å². The van der Waals surface area contributed by atoms with Crippen LogP contribution in [0.4, 0.5) is 0 Å². The molecule has 2 saturated heterocycles. The van der Waals surface area contributed by atoms with Gasteiger partial charge in [0.05, 0.1) is 13.7 Å². The third kappa shape index (κ3) is 3.52. The zero-order valence-corrected chi connectivity index (χ0v) is 14.4. The highest BCUT2D eigenvalue weighted by Gasteiger charge is 2.49. The third-order valence-corrected chi connectivity index (χ3v) is 4.17. The van der Waals surface area contributed by atoms with Crippen molar-refractivity contribution in [3.8, 4) is 0 Å². The molecule has 130 valence electrons. The molecular weight excluding hydrogens is 310 g/mol. The molecule has 6 nitrogen and oxygen atoms in total. The lowest BCUT2D eigenvalue weighted by molar-refractivity contribution is -0.170. The van der Waals surface area contributed by atoms with E-state index in [4.69, 9.17) is 19.0 Å². The highest BCUT2D eigenvalue weighted by molar-refractivity contribution is 5.93. The number of hydrogen-bond acceptors (Lipinski definition) is 5. The van der Waals surface area contributed by atoms with Crippen molar-refractivity contribution in [3.63, 3.8) is 0 Å². The molecule has 0 aliphatic carbocycles. The van der Waals surface area contributed by atoms with Crippen LogP contribution in [0.2, 0.25) is 0 Å². The quantitative estimate of drug-likeness (QED) is 0.791. The van der Waals surface area contributed by atoms with Gasteiger partial charge in [0.25, 0.3) is 5.91 Å². The maximum absolute atomic E-state index is 12.1. The highest BCUT2D eigenvalue weighted by atomic mass is 16.8. The minimum Gasteiger partial charge on any atom is -0.369 e. The molecule has 2 heterocycles. The molecule has 24 heavy (non-hydrogen) atoms. The van der Waals surface area contributed by atoms with E-state index in [0.29, 0.717) is 12.2 Å². The number of fused-ring (bicyclic) bond motifs is 1. The Morgan fingerprint density at radius 1 is 1.38 bits per heavy atom. The summed E-state index contributed by atoms with van der Waals surface area (Å²) in [5.41, 5.74) is 1.48. The molecule has 0 radical (unpaired) electrons. The van der Waals surface area contributed by atoms with Crippen molar-refractivity contribution in [1.82, 2.24) is 5.06 Å². The van der Waals surface area contributed by atoms with Gasteiger partial charge in [-0.15, -0.1) is 0 Å². The van der Waals surface area contributed by atoms with Crippen LogP contribution in [0.15, 0.2) is 30.3 Å². The molecule has 0 aromatic heterocycles. The number of carbonyl (C=O) groups is 1. The molecule has 0 bridgehead atoms. The van der Waals surface area contributed by atoms with Gasteiger partial charge in [0.15, 0.2) is 5.79 Å². The van der Waals surface area contributed by atoms with E-state index in [9.17, 15) is 4.79 Å². The Kier molecular flexibility index (Phi) is 4.73. The molecule has 2 aliphatic rings. The number of benzene rings is 1. The SMILES string of the molecule is CON(C)C(=O)c1cccc(/C=C/[C@H]2OC[C@H]3OC(C)(C)O[C@@H]23)c1. The van der Waals surface area contributed by atoms with Crippen LogP contribution in [0.25, 0.3) is 6.08 Å². The number of rotatable bonds is 4. The summed E-state index contributed by atoms with van der Waals surface area (Å²) in [6.45, 7) is 4.35. The van der Waals surface area contributed by atoms with Gasteiger partial charge >= 0.3 is 0 Å². The van der Waals surface area contributed by atoms with E-state index < -0.39 is 5.79 Å². The zero-order valence-electron chi connectivity index (χ0n) is 14.4. The Hall–Kier alpha value is -1.73. The van der Waals surface area contributed by atoms with Gasteiger partial charge in [-0.3, -0.25) is 9.63 Å². The maximum atomic E-state index is 12.1. The summed E-state index contributed by atoms with van der Waals surface area (Å²) in [5, 5.41) is 1.19. The molecule has 0 saturated carbocycles. The van der Waals surface area contributed by atoms with Crippen LogP contribution in [-0.4, -0.2) is 55.8 Å². The van der Waals surface area contributed by atoms with Gasteiger partial charge in [0.2, 0.25) is 0 Å². The van der Waals surface area contributed by atoms with Crippen LogP contribution < -0.4 is 0 Å². The van der Waals surface area contributed by atoms with Crippen molar-refractivity contribution >= 4 is 12.0 Å². The number of ether oxygens (including phenoxy) is 3. The minimum absolute atomic E-state index is 0.0297. The second kappa shape index (κ2) is 6.64. The van der Waals surface area contributed by atoms with Crippen molar-refractivity contribution < 1.29 is 23.8 Å². The minimum atomic E-state index is -0.567. The summed E-state index contributed by atoms with van der Waals surface area (Å²) in [6, 6.07) is 7.35. The maximum Gasteiger partial charge on any atom is 0.277 e. The molecule has 0 spiro atoms. The molecule has 1 amide bonds. The first-order valence-electron chi connectivity index (χ1n) is 7.97. The largest absolute Gasteiger partial charge is 0.369 e. The molecule has 1 aromatic rings. The fourth-order valence-corrected chi connectivity index (χ4v) is 2.98. The summed E-state index contributed by atoms with van der Waals surface area (Å²) in [6.07, 6.45) is 3.61. The lowest BCUT2D eigenvalue weighted by atomic mass is 10.1. The fraction of sp³-hybridized carbons (Fsp3) is 0.500. The average molecular weight is 333 g/mol. The predicted molar refractivity (Wildman–Crippen MR) is 88.1 cm³/mol. The summed E-state index contributed by atoms with van der Waals surface area (Å²) < 4.78 is 17.4. The monoisotopic (exact) mass is 333 g/mol.